The Morgan fingerprint density at radius 2 is 1.52 bits per heavy atom. The molecule has 3 aromatic carbocycles. The molecule has 0 aliphatic rings. The van der Waals surface area contributed by atoms with Crippen LogP contribution in [-0.4, -0.2) is 0 Å². The van der Waals surface area contributed by atoms with Crippen molar-refractivity contribution in [3.8, 4) is 6.07 Å². The molecule has 0 aliphatic carbocycles. The molecule has 1 heteroatoms. The molecule has 0 fully saturated rings. The summed E-state index contributed by atoms with van der Waals surface area (Å²) in [4.78, 5) is 0. The maximum absolute atomic E-state index is 9.05. The lowest BCUT2D eigenvalue weighted by Gasteiger charge is -2.19. The Bertz CT molecular complexity index is 855. The third-order valence-corrected chi connectivity index (χ3v) is 4.96. The zero-order valence-corrected chi connectivity index (χ0v) is 14.9. The van der Waals surface area contributed by atoms with E-state index in [9.17, 15) is 0 Å². The molecule has 0 spiro atoms. The number of nitriles is 1. The van der Waals surface area contributed by atoms with Gasteiger partial charge in [0, 0.05) is 5.92 Å². The fraction of sp³-hybridized carbons (Fsp3) is 0.292. The molecule has 1 unspecified atom stereocenters. The Hall–Kier alpha value is -2.59. The van der Waals surface area contributed by atoms with Crippen molar-refractivity contribution < 1.29 is 0 Å². The molecule has 0 saturated carbocycles. The summed E-state index contributed by atoms with van der Waals surface area (Å²) in [6.07, 6.45) is 6.25. The Kier molecular flexibility index (Phi) is 5.86. The van der Waals surface area contributed by atoms with Crippen molar-refractivity contribution in [2.75, 3.05) is 0 Å². The highest BCUT2D eigenvalue weighted by molar-refractivity contribution is 5.83. The summed E-state index contributed by atoms with van der Waals surface area (Å²) in [6.45, 7) is 2.25. The summed E-state index contributed by atoms with van der Waals surface area (Å²) in [7, 11) is 0. The van der Waals surface area contributed by atoms with Crippen LogP contribution < -0.4 is 0 Å². The quantitative estimate of drug-likeness (QED) is 0.437. The van der Waals surface area contributed by atoms with Crippen LogP contribution in [0.5, 0.6) is 0 Å². The number of unbranched alkanes of at least 4 members (excludes halogenated alkanes) is 3. The predicted octanol–water partition coefficient (Wildman–Crippen LogP) is 6.81. The van der Waals surface area contributed by atoms with E-state index in [0.717, 1.165) is 12.0 Å². The fourth-order valence-electron chi connectivity index (χ4n) is 3.52. The van der Waals surface area contributed by atoms with E-state index >= 15 is 0 Å². The van der Waals surface area contributed by atoms with Gasteiger partial charge in [-0.15, -0.1) is 0 Å². The molecule has 0 bridgehead atoms. The normalized spacial score (nSPS) is 12.0. The first-order chi connectivity index (χ1) is 12.3. The SMILES string of the molecule is CCCCCCC(c1ccc(C#N)cc1)c1ccc2ccccc2c1. The van der Waals surface area contributed by atoms with Gasteiger partial charge < -0.3 is 0 Å². The smallest absolute Gasteiger partial charge is 0.0991 e. The number of hydrogen-bond acceptors (Lipinski definition) is 1. The van der Waals surface area contributed by atoms with Crippen molar-refractivity contribution in [1.29, 1.82) is 5.26 Å². The summed E-state index contributed by atoms with van der Waals surface area (Å²) >= 11 is 0. The van der Waals surface area contributed by atoms with Crippen LogP contribution in [0.2, 0.25) is 0 Å². The van der Waals surface area contributed by atoms with Crippen LogP contribution in [0.3, 0.4) is 0 Å². The first kappa shape index (κ1) is 17.2. The molecule has 0 amide bonds. The van der Waals surface area contributed by atoms with E-state index in [1.54, 1.807) is 0 Å². The Labute approximate surface area is 150 Å². The highest BCUT2D eigenvalue weighted by Crippen LogP contribution is 2.32. The van der Waals surface area contributed by atoms with Gasteiger partial charge in [-0.3, -0.25) is 0 Å². The molecule has 126 valence electrons. The summed E-state index contributed by atoms with van der Waals surface area (Å²) in [5, 5.41) is 11.6. The van der Waals surface area contributed by atoms with E-state index in [1.807, 2.05) is 12.1 Å². The van der Waals surface area contributed by atoms with Gasteiger partial charge in [0.2, 0.25) is 0 Å². The molecule has 0 N–H and O–H groups in total. The second-order valence-electron chi connectivity index (χ2n) is 6.74. The van der Waals surface area contributed by atoms with Crippen LogP contribution in [0.25, 0.3) is 10.8 Å². The Balaban J connectivity index is 1.91. The molecule has 3 aromatic rings. The van der Waals surface area contributed by atoms with Crippen molar-refractivity contribution >= 4 is 10.8 Å². The van der Waals surface area contributed by atoms with Crippen molar-refractivity contribution in [3.63, 3.8) is 0 Å². The van der Waals surface area contributed by atoms with Crippen LogP contribution in [0.15, 0.2) is 66.7 Å². The number of nitrogens with zero attached hydrogens (tertiary/aromatic N) is 1. The van der Waals surface area contributed by atoms with Crippen LogP contribution in [0.4, 0.5) is 0 Å². The van der Waals surface area contributed by atoms with Gasteiger partial charge in [-0.2, -0.15) is 5.26 Å². The van der Waals surface area contributed by atoms with E-state index < -0.39 is 0 Å². The lowest BCUT2D eigenvalue weighted by molar-refractivity contribution is 0.596. The second-order valence-corrected chi connectivity index (χ2v) is 6.74. The minimum atomic E-state index is 0.397. The van der Waals surface area contributed by atoms with Gasteiger partial charge in [-0.25, -0.2) is 0 Å². The van der Waals surface area contributed by atoms with E-state index in [0.29, 0.717) is 5.92 Å². The minimum Gasteiger partial charge on any atom is -0.192 e. The third kappa shape index (κ3) is 4.28. The van der Waals surface area contributed by atoms with E-state index in [2.05, 4.69) is 67.6 Å². The van der Waals surface area contributed by atoms with E-state index in [-0.39, 0.29) is 0 Å². The minimum absolute atomic E-state index is 0.397. The largest absolute Gasteiger partial charge is 0.192 e. The molecule has 1 nitrogen and oxygen atoms in total. The maximum Gasteiger partial charge on any atom is 0.0991 e. The summed E-state index contributed by atoms with van der Waals surface area (Å²) in [5.74, 6) is 0.397. The van der Waals surface area contributed by atoms with Crippen LogP contribution in [-0.2, 0) is 0 Å². The van der Waals surface area contributed by atoms with Gasteiger partial charge in [0.1, 0.15) is 0 Å². The number of fused-ring (bicyclic) bond motifs is 1. The number of hydrogen-bond donors (Lipinski definition) is 0. The molecule has 1 atom stereocenters. The molecule has 0 aliphatic heterocycles. The lowest BCUT2D eigenvalue weighted by atomic mass is 9.85. The molecular formula is C24H25N. The Morgan fingerprint density at radius 3 is 2.24 bits per heavy atom. The molecule has 0 aromatic heterocycles. The highest BCUT2D eigenvalue weighted by atomic mass is 14.2. The van der Waals surface area contributed by atoms with Crippen LogP contribution in [0, 0.1) is 11.3 Å². The first-order valence-electron chi connectivity index (χ1n) is 9.30. The number of rotatable bonds is 7. The van der Waals surface area contributed by atoms with Crippen LogP contribution in [0.1, 0.15) is 61.6 Å². The maximum atomic E-state index is 9.05. The van der Waals surface area contributed by atoms with Crippen LogP contribution >= 0.6 is 0 Å². The zero-order valence-electron chi connectivity index (χ0n) is 14.9. The standard InChI is InChI=1S/C24H25N/c1-2-3-4-5-10-24(21-13-11-19(18-25)12-14-21)23-16-15-20-8-6-7-9-22(20)17-23/h6-9,11-17,24H,2-5,10H2,1H3. The van der Waals surface area contributed by atoms with Gasteiger partial charge in [0.25, 0.3) is 0 Å². The van der Waals surface area contributed by atoms with Gasteiger partial charge in [-0.05, 0) is 40.5 Å². The summed E-state index contributed by atoms with van der Waals surface area (Å²) in [5.41, 5.74) is 3.41. The topological polar surface area (TPSA) is 23.8 Å². The van der Waals surface area contributed by atoms with Gasteiger partial charge in [0.05, 0.1) is 11.6 Å². The molecular weight excluding hydrogens is 302 g/mol. The third-order valence-electron chi connectivity index (χ3n) is 4.96. The lowest BCUT2D eigenvalue weighted by Crippen LogP contribution is -2.02. The second kappa shape index (κ2) is 8.49. The first-order valence-corrected chi connectivity index (χ1v) is 9.30. The van der Waals surface area contributed by atoms with Crippen molar-refractivity contribution in [1.82, 2.24) is 0 Å². The average molecular weight is 327 g/mol. The summed E-state index contributed by atoms with van der Waals surface area (Å²) < 4.78 is 0. The number of benzene rings is 3. The molecule has 0 radical (unpaired) electrons. The van der Waals surface area contributed by atoms with E-state index in [1.165, 1.54) is 47.6 Å². The molecule has 0 heterocycles. The van der Waals surface area contributed by atoms with Crippen molar-refractivity contribution in [3.05, 3.63) is 83.4 Å². The summed E-state index contributed by atoms with van der Waals surface area (Å²) in [6, 6.07) is 25.7. The van der Waals surface area contributed by atoms with Gasteiger partial charge in [0.15, 0.2) is 0 Å². The average Bonchev–Trinajstić information content (AvgIpc) is 2.68. The Morgan fingerprint density at radius 1 is 0.800 bits per heavy atom. The fourth-order valence-corrected chi connectivity index (χ4v) is 3.52. The van der Waals surface area contributed by atoms with Crippen molar-refractivity contribution in [2.24, 2.45) is 0 Å². The zero-order chi connectivity index (χ0) is 17.5. The predicted molar refractivity (Wildman–Crippen MR) is 106 cm³/mol. The monoisotopic (exact) mass is 327 g/mol. The van der Waals surface area contributed by atoms with E-state index in [4.69, 9.17) is 5.26 Å². The van der Waals surface area contributed by atoms with Gasteiger partial charge in [-0.1, -0.05) is 87.2 Å². The van der Waals surface area contributed by atoms with Gasteiger partial charge >= 0.3 is 0 Å². The molecule has 25 heavy (non-hydrogen) atoms. The highest BCUT2D eigenvalue weighted by Gasteiger charge is 2.14. The molecule has 3 rings (SSSR count). The van der Waals surface area contributed by atoms with Crippen molar-refractivity contribution in [2.45, 2.75) is 44.9 Å². The molecule has 0 saturated heterocycles.